The normalized spacial score (nSPS) is 14.5. The molecule has 0 aromatic rings. The summed E-state index contributed by atoms with van der Waals surface area (Å²) < 4.78 is 34.7. The van der Waals surface area contributed by atoms with Crippen LogP contribution in [-0.2, 0) is 27.9 Å². The second-order valence-corrected chi connectivity index (χ2v) is 20.3. The summed E-state index contributed by atoms with van der Waals surface area (Å²) in [5, 5.41) is 0. The molecule has 8 nitrogen and oxygen atoms in total. The van der Waals surface area contributed by atoms with E-state index in [-0.39, 0.29) is 32.2 Å². The van der Waals surface area contributed by atoms with Gasteiger partial charge in [0.25, 0.3) is 7.82 Å². The molecule has 394 valence electrons. The lowest BCUT2D eigenvalue weighted by atomic mass is 10.1. The number of allylic oxidation sites excluding steroid dienone is 20. The van der Waals surface area contributed by atoms with E-state index in [1.165, 1.54) is 64.2 Å². The average Bonchev–Trinajstić information content (AvgIpc) is 3.31. The first-order valence-corrected chi connectivity index (χ1v) is 28.7. The highest BCUT2D eigenvalue weighted by Crippen LogP contribution is 2.38. The molecule has 0 aliphatic heterocycles. The molecule has 0 amide bonds. The third-order valence-corrected chi connectivity index (χ3v) is 12.0. The van der Waals surface area contributed by atoms with Gasteiger partial charge in [0.2, 0.25) is 0 Å². The zero-order valence-corrected chi connectivity index (χ0v) is 45.6. The topological polar surface area (TPSA) is 94.1 Å². The molecule has 0 aromatic carbocycles. The molecule has 0 radical (unpaired) electrons. The third-order valence-electron chi connectivity index (χ3n) is 11.0. The fourth-order valence-electron chi connectivity index (χ4n) is 6.83. The van der Waals surface area contributed by atoms with Gasteiger partial charge in [-0.25, -0.2) is 0 Å². The molecule has 2 unspecified atom stereocenters. The molecule has 0 bridgehead atoms. The number of ether oxygens (including phenoxy) is 2. The van der Waals surface area contributed by atoms with Crippen LogP contribution in [-0.4, -0.2) is 70.7 Å². The van der Waals surface area contributed by atoms with Crippen LogP contribution in [0.1, 0.15) is 194 Å². The number of nitrogens with zero attached hydrogens (tertiary/aromatic N) is 1. The molecule has 0 saturated carbocycles. The van der Waals surface area contributed by atoms with Crippen LogP contribution in [0, 0.1) is 0 Å². The van der Waals surface area contributed by atoms with E-state index < -0.39 is 13.9 Å². The SMILES string of the molecule is CC/C=C\C/C=C\C/C=C\C/C=C\C/C=C\C/C=C\C/C=C\CCCCCC(=O)OC(COCCCCCCCCC/C=C\C/C=C\C/C=C\CCCCCCC)COP(=O)([O-])OCC[N+](C)(C)C. The molecule has 0 aliphatic carbocycles. The second kappa shape index (κ2) is 51.3. The molecule has 0 saturated heterocycles. The van der Waals surface area contributed by atoms with E-state index >= 15 is 0 Å². The minimum absolute atomic E-state index is 0.00954. The molecule has 9 heteroatoms. The van der Waals surface area contributed by atoms with Crippen molar-refractivity contribution in [3.63, 3.8) is 0 Å². The monoisotopic (exact) mass is 980 g/mol. The first-order chi connectivity index (χ1) is 33.6. The average molecular weight is 980 g/mol. The Balaban J connectivity index is 4.27. The predicted molar refractivity (Wildman–Crippen MR) is 295 cm³/mol. The molecular formula is C60H102NO7P. The zero-order valence-electron chi connectivity index (χ0n) is 44.7. The highest BCUT2D eigenvalue weighted by molar-refractivity contribution is 7.45. The number of carbonyl (C=O) groups excluding carboxylic acids is 1. The van der Waals surface area contributed by atoms with E-state index in [0.717, 1.165) is 103 Å². The number of hydrogen-bond acceptors (Lipinski definition) is 7. The summed E-state index contributed by atoms with van der Waals surface area (Å²) in [6, 6.07) is 0. The van der Waals surface area contributed by atoms with E-state index in [1.54, 1.807) is 0 Å². The molecule has 0 heterocycles. The van der Waals surface area contributed by atoms with E-state index in [0.29, 0.717) is 24.1 Å². The van der Waals surface area contributed by atoms with Gasteiger partial charge < -0.3 is 27.9 Å². The minimum Gasteiger partial charge on any atom is -0.756 e. The Kier molecular flexibility index (Phi) is 49.0. The Morgan fingerprint density at radius 2 is 0.841 bits per heavy atom. The van der Waals surface area contributed by atoms with Crippen molar-refractivity contribution >= 4 is 13.8 Å². The van der Waals surface area contributed by atoms with Gasteiger partial charge in [-0.15, -0.1) is 0 Å². The number of quaternary nitrogens is 1. The molecule has 0 aromatic heterocycles. The summed E-state index contributed by atoms with van der Waals surface area (Å²) in [5.74, 6) is -0.374. The van der Waals surface area contributed by atoms with Crippen molar-refractivity contribution in [2.75, 3.05) is 54.1 Å². The van der Waals surface area contributed by atoms with Gasteiger partial charge in [0.1, 0.15) is 19.3 Å². The van der Waals surface area contributed by atoms with Crippen molar-refractivity contribution in [3.05, 3.63) is 122 Å². The lowest BCUT2D eigenvalue weighted by molar-refractivity contribution is -0.870. The summed E-state index contributed by atoms with van der Waals surface area (Å²) in [7, 11) is 1.31. The summed E-state index contributed by atoms with van der Waals surface area (Å²) in [6.07, 6.45) is 73.7. The van der Waals surface area contributed by atoms with Crippen molar-refractivity contribution in [2.24, 2.45) is 0 Å². The molecule has 0 N–H and O–H groups in total. The predicted octanol–water partition coefficient (Wildman–Crippen LogP) is 16.6. The van der Waals surface area contributed by atoms with E-state index in [9.17, 15) is 14.3 Å². The van der Waals surface area contributed by atoms with Gasteiger partial charge in [0.05, 0.1) is 34.4 Å². The van der Waals surface area contributed by atoms with Crippen molar-refractivity contribution in [2.45, 2.75) is 200 Å². The number of hydrogen-bond donors (Lipinski definition) is 0. The van der Waals surface area contributed by atoms with Crippen molar-refractivity contribution in [3.8, 4) is 0 Å². The molecule has 2 atom stereocenters. The van der Waals surface area contributed by atoms with E-state index in [1.807, 2.05) is 21.1 Å². The molecular weight excluding hydrogens is 878 g/mol. The van der Waals surface area contributed by atoms with Crippen molar-refractivity contribution in [1.29, 1.82) is 0 Å². The first kappa shape index (κ1) is 65.9. The maximum absolute atomic E-state index is 12.8. The van der Waals surface area contributed by atoms with Gasteiger partial charge in [-0.2, -0.15) is 0 Å². The molecule has 0 fully saturated rings. The minimum atomic E-state index is -4.56. The summed E-state index contributed by atoms with van der Waals surface area (Å²) in [5.41, 5.74) is 0. The van der Waals surface area contributed by atoms with Crippen LogP contribution in [0.5, 0.6) is 0 Å². The van der Waals surface area contributed by atoms with Crippen molar-refractivity contribution < 1.29 is 37.3 Å². The largest absolute Gasteiger partial charge is 0.756 e. The standard InChI is InChI=1S/C60H102NO7P/c1-6-8-10-12-14-16-18-20-22-24-26-28-30-31-32-33-35-37-39-41-43-45-47-49-51-53-60(62)68-59(58-67-69(63,64)66-56-54-61(3,4)5)57-65-55-52-50-48-46-44-42-40-38-36-34-29-27-25-23-21-19-17-15-13-11-9-7-2/h8,10,14,16,19-22,25-28,31-32,34-37,41,43,59H,6-7,9,11-13,15,17-18,23-24,29-30,33,38-40,42,44-58H2,1-5H3/b10-8-,16-14-,21-19-,22-20-,27-25-,28-26-,32-31-,36-34-,37-35-,43-41-. The molecule has 0 aliphatic rings. The Hall–Kier alpha value is -3.10. The van der Waals surface area contributed by atoms with Crippen LogP contribution < -0.4 is 4.89 Å². The number of rotatable bonds is 49. The highest BCUT2D eigenvalue weighted by atomic mass is 31.2. The quantitative estimate of drug-likeness (QED) is 0.0197. The Morgan fingerprint density at radius 1 is 0.464 bits per heavy atom. The van der Waals surface area contributed by atoms with Gasteiger partial charge in [-0.05, 0) is 109 Å². The smallest absolute Gasteiger partial charge is 0.306 e. The molecule has 0 spiro atoms. The van der Waals surface area contributed by atoms with Gasteiger partial charge in [0.15, 0.2) is 0 Å². The van der Waals surface area contributed by atoms with Crippen LogP contribution >= 0.6 is 7.82 Å². The fourth-order valence-corrected chi connectivity index (χ4v) is 7.56. The van der Waals surface area contributed by atoms with Crippen LogP contribution in [0.2, 0.25) is 0 Å². The zero-order chi connectivity index (χ0) is 50.5. The number of phosphoric acid groups is 1. The van der Waals surface area contributed by atoms with E-state index in [4.69, 9.17) is 18.5 Å². The number of unbranched alkanes of at least 4 members (excludes halogenated alkanes) is 15. The number of carbonyl (C=O) groups is 1. The fraction of sp³-hybridized carbons (Fsp3) is 0.650. The second-order valence-electron chi connectivity index (χ2n) is 18.9. The maximum Gasteiger partial charge on any atom is 0.306 e. The van der Waals surface area contributed by atoms with Gasteiger partial charge in [-0.3, -0.25) is 9.36 Å². The Morgan fingerprint density at radius 3 is 1.26 bits per heavy atom. The van der Waals surface area contributed by atoms with Crippen LogP contribution in [0.15, 0.2) is 122 Å². The van der Waals surface area contributed by atoms with Gasteiger partial charge in [-0.1, -0.05) is 200 Å². The van der Waals surface area contributed by atoms with Crippen LogP contribution in [0.4, 0.5) is 0 Å². The number of esters is 1. The summed E-state index contributed by atoms with van der Waals surface area (Å²) in [6.45, 7) is 5.19. The maximum atomic E-state index is 12.8. The summed E-state index contributed by atoms with van der Waals surface area (Å²) in [4.78, 5) is 25.2. The first-order valence-electron chi connectivity index (χ1n) is 27.3. The third kappa shape index (κ3) is 55.7. The number of likely N-dealkylation sites (N-methyl/N-ethyl adjacent to an activating group) is 1. The van der Waals surface area contributed by atoms with Crippen molar-refractivity contribution in [1.82, 2.24) is 0 Å². The molecule has 69 heavy (non-hydrogen) atoms. The van der Waals surface area contributed by atoms with Crippen LogP contribution in [0.3, 0.4) is 0 Å². The van der Waals surface area contributed by atoms with Crippen LogP contribution in [0.25, 0.3) is 0 Å². The lowest BCUT2D eigenvalue weighted by Gasteiger charge is -2.28. The highest BCUT2D eigenvalue weighted by Gasteiger charge is 2.20. The number of phosphoric ester groups is 1. The molecule has 0 rings (SSSR count). The lowest BCUT2D eigenvalue weighted by Crippen LogP contribution is -2.37. The Labute approximate surface area is 424 Å². The van der Waals surface area contributed by atoms with E-state index in [2.05, 4.69) is 135 Å². The van der Waals surface area contributed by atoms with Gasteiger partial charge >= 0.3 is 5.97 Å². The Bertz CT molecular complexity index is 1510. The summed E-state index contributed by atoms with van der Waals surface area (Å²) >= 11 is 0. The van der Waals surface area contributed by atoms with Gasteiger partial charge in [0, 0.05) is 13.0 Å².